The van der Waals surface area contributed by atoms with E-state index in [0.29, 0.717) is 16.2 Å². The molecule has 2 unspecified atom stereocenters. The highest BCUT2D eigenvalue weighted by molar-refractivity contribution is 8.13. The van der Waals surface area contributed by atoms with Crippen LogP contribution in [-0.2, 0) is 0 Å². The Kier molecular flexibility index (Phi) is 4.58. The van der Waals surface area contributed by atoms with Gasteiger partial charge in [-0.25, -0.2) is 0 Å². The van der Waals surface area contributed by atoms with Crippen LogP contribution in [0.3, 0.4) is 0 Å². The molecule has 0 aromatic rings. The van der Waals surface area contributed by atoms with Gasteiger partial charge in [-0.05, 0) is 37.4 Å². The van der Waals surface area contributed by atoms with Crippen molar-refractivity contribution in [1.29, 1.82) is 0 Å². The Balaban J connectivity index is 1.92. The molecule has 2 aliphatic heterocycles. The van der Waals surface area contributed by atoms with Crippen LogP contribution in [0.1, 0.15) is 47.0 Å². The third-order valence-electron chi connectivity index (χ3n) is 3.85. The molecule has 2 nitrogen and oxygen atoms in total. The monoisotopic (exact) mass is 286 g/mol. The van der Waals surface area contributed by atoms with Gasteiger partial charge in [-0.1, -0.05) is 32.5 Å². The van der Waals surface area contributed by atoms with Gasteiger partial charge in [0.1, 0.15) is 0 Å². The highest BCUT2D eigenvalue weighted by Gasteiger charge is 2.31. The number of hydrogen-bond acceptors (Lipinski definition) is 3. The van der Waals surface area contributed by atoms with Crippen LogP contribution in [-0.4, -0.2) is 34.0 Å². The fraction of sp³-hybridized carbons (Fsp3) is 0.929. The SMILES string of the molecule is CC1(CN=C2NC(C(C)(C)C)CCS2)CCCS1. The Hall–Kier alpha value is 0.170. The van der Waals surface area contributed by atoms with Crippen LogP contribution in [0, 0.1) is 5.41 Å². The van der Waals surface area contributed by atoms with Crippen molar-refractivity contribution < 1.29 is 0 Å². The molecule has 104 valence electrons. The average molecular weight is 287 g/mol. The number of aliphatic imine (C=N–C) groups is 1. The largest absolute Gasteiger partial charge is 0.362 e. The Morgan fingerprint density at radius 2 is 2.17 bits per heavy atom. The molecule has 2 rings (SSSR count). The van der Waals surface area contributed by atoms with Crippen LogP contribution in [0.5, 0.6) is 0 Å². The molecule has 2 aliphatic rings. The van der Waals surface area contributed by atoms with Crippen LogP contribution in [0.4, 0.5) is 0 Å². The molecule has 2 atom stereocenters. The van der Waals surface area contributed by atoms with Crippen molar-refractivity contribution in [1.82, 2.24) is 5.32 Å². The summed E-state index contributed by atoms with van der Waals surface area (Å²) in [5.74, 6) is 2.52. The van der Waals surface area contributed by atoms with E-state index in [1.807, 2.05) is 11.8 Å². The molecule has 0 amide bonds. The molecule has 2 saturated heterocycles. The molecule has 0 aromatic heterocycles. The van der Waals surface area contributed by atoms with Gasteiger partial charge in [-0.2, -0.15) is 11.8 Å². The molecule has 0 aromatic carbocycles. The fourth-order valence-electron chi connectivity index (χ4n) is 2.48. The second-order valence-corrected chi connectivity index (χ2v) is 9.49. The lowest BCUT2D eigenvalue weighted by Crippen LogP contribution is -2.46. The van der Waals surface area contributed by atoms with E-state index in [-0.39, 0.29) is 0 Å². The number of nitrogens with one attached hydrogen (secondary N) is 1. The van der Waals surface area contributed by atoms with Crippen LogP contribution in [0.2, 0.25) is 0 Å². The second-order valence-electron chi connectivity index (χ2n) is 6.72. The van der Waals surface area contributed by atoms with Crippen LogP contribution < -0.4 is 5.32 Å². The minimum Gasteiger partial charge on any atom is -0.362 e. The first-order valence-corrected chi connectivity index (χ1v) is 8.94. The molecular weight excluding hydrogens is 260 g/mol. The van der Waals surface area contributed by atoms with Gasteiger partial charge in [0.15, 0.2) is 5.17 Å². The smallest absolute Gasteiger partial charge is 0.156 e. The summed E-state index contributed by atoms with van der Waals surface area (Å²) in [6, 6.07) is 0.571. The van der Waals surface area contributed by atoms with Crippen molar-refractivity contribution in [2.75, 3.05) is 18.1 Å². The Morgan fingerprint density at radius 3 is 2.78 bits per heavy atom. The van der Waals surface area contributed by atoms with E-state index in [1.165, 1.54) is 35.9 Å². The summed E-state index contributed by atoms with van der Waals surface area (Å²) < 4.78 is 0.393. The molecule has 2 fully saturated rings. The molecule has 0 spiro atoms. The van der Waals surface area contributed by atoms with Crippen molar-refractivity contribution in [2.24, 2.45) is 10.4 Å². The van der Waals surface area contributed by atoms with E-state index < -0.39 is 0 Å². The normalized spacial score (nSPS) is 35.8. The molecule has 0 saturated carbocycles. The maximum Gasteiger partial charge on any atom is 0.156 e. The summed E-state index contributed by atoms with van der Waals surface area (Å²) in [5.41, 5.74) is 0.327. The van der Waals surface area contributed by atoms with E-state index in [2.05, 4.69) is 44.8 Å². The molecule has 2 heterocycles. The minimum atomic E-state index is 0.327. The number of nitrogens with zero attached hydrogens (tertiary/aromatic N) is 1. The summed E-state index contributed by atoms with van der Waals surface area (Å²) in [6.45, 7) is 10.3. The summed E-state index contributed by atoms with van der Waals surface area (Å²) in [5, 5.41) is 4.81. The first-order valence-electron chi connectivity index (χ1n) is 6.97. The van der Waals surface area contributed by atoms with Crippen molar-refractivity contribution in [3.63, 3.8) is 0 Å². The molecule has 0 radical (unpaired) electrons. The highest BCUT2D eigenvalue weighted by Crippen LogP contribution is 2.38. The molecular formula is C14H26N2S2. The molecule has 0 aliphatic carbocycles. The summed E-state index contributed by atoms with van der Waals surface area (Å²) in [7, 11) is 0. The number of hydrogen-bond donors (Lipinski definition) is 1. The van der Waals surface area contributed by atoms with Gasteiger partial charge in [-0.3, -0.25) is 4.99 Å². The first kappa shape index (κ1) is 14.6. The molecule has 18 heavy (non-hydrogen) atoms. The number of rotatable bonds is 2. The highest BCUT2D eigenvalue weighted by atomic mass is 32.2. The van der Waals surface area contributed by atoms with Gasteiger partial charge >= 0.3 is 0 Å². The zero-order valence-corrected chi connectivity index (χ0v) is 13.7. The van der Waals surface area contributed by atoms with E-state index >= 15 is 0 Å². The molecule has 0 bridgehead atoms. The predicted octanol–water partition coefficient (Wildman–Crippen LogP) is 3.77. The van der Waals surface area contributed by atoms with E-state index in [9.17, 15) is 0 Å². The lowest BCUT2D eigenvalue weighted by molar-refractivity contribution is 0.290. The molecule has 1 N–H and O–H groups in total. The summed E-state index contributed by atoms with van der Waals surface area (Å²) in [6.07, 6.45) is 3.93. The Bertz CT molecular complexity index is 314. The predicted molar refractivity (Wildman–Crippen MR) is 85.9 cm³/mol. The summed E-state index contributed by atoms with van der Waals surface area (Å²) in [4.78, 5) is 4.85. The Morgan fingerprint density at radius 1 is 1.39 bits per heavy atom. The number of amidine groups is 1. The lowest BCUT2D eigenvalue weighted by Gasteiger charge is -2.36. The lowest BCUT2D eigenvalue weighted by atomic mass is 9.85. The fourth-order valence-corrected chi connectivity index (χ4v) is 4.63. The zero-order valence-electron chi connectivity index (χ0n) is 12.1. The summed E-state index contributed by atoms with van der Waals surface area (Å²) >= 11 is 3.99. The van der Waals surface area contributed by atoms with Gasteiger partial charge < -0.3 is 5.32 Å². The van der Waals surface area contributed by atoms with Crippen LogP contribution >= 0.6 is 23.5 Å². The van der Waals surface area contributed by atoms with Gasteiger partial charge in [0.05, 0.1) is 6.54 Å². The molecule has 4 heteroatoms. The first-order chi connectivity index (χ1) is 8.39. The van der Waals surface area contributed by atoms with Crippen molar-refractivity contribution in [3.8, 4) is 0 Å². The maximum atomic E-state index is 4.85. The van der Waals surface area contributed by atoms with Gasteiger partial charge in [0.25, 0.3) is 0 Å². The van der Waals surface area contributed by atoms with Gasteiger partial charge in [-0.15, -0.1) is 0 Å². The average Bonchev–Trinajstić information content (AvgIpc) is 2.74. The maximum absolute atomic E-state index is 4.85. The standard InChI is InChI=1S/C14H26N2S2/c1-13(2,3)11-6-9-17-12(16-11)15-10-14(4)7-5-8-18-14/h11H,5-10H2,1-4H3,(H,15,16). The third-order valence-corrected chi connectivity index (χ3v) is 6.33. The quantitative estimate of drug-likeness (QED) is 0.836. The van der Waals surface area contributed by atoms with E-state index in [1.54, 1.807) is 0 Å². The van der Waals surface area contributed by atoms with E-state index in [4.69, 9.17) is 4.99 Å². The zero-order chi connectivity index (χ0) is 13.2. The second kappa shape index (κ2) is 5.66. The Labute approximate surface area is 120 Å². The van der Waals surface area contributed by atoms with E-state index in [0.717, 1.165) is 6.54 Å². The number of thioether (sulfide) groups is 2. The van der Waals surface area contributed by atoms with Crippen molar-refractivity contribution >= 4 is 28.7 Å². The van der Waals surface area contributed by atoms with Crippen LogP contribution in [0.15, 0.2) is 4.99 Å². The third kappa shape index (κ3) is 3.83. The van der Waals surface area contributed by atoms with Crippen molar-refractivity contribution in [3.05, 3.63) is 0 Å². The van der Waals surface area contributed by atoms with Gasteiger partial charge in [0.2, 0.25) is 0 Å². The topological polar surface area (TPSA) is 24.4 Å². The van der Waals surface area contributed by atoms with Crippen LogP contribution in [0.25, 0.3) is 0 Å². The van der Waals surface area contributed by atoms with Crippen molar-refractivity contribution in [2.45, 2.75) is 57.7 Å². The minimum absolute atomic E-state index is 0.327. The van der Waals surface area contributed by atoms with Gasteiger partial charge in [0, 0.05) is 16.5 Å².